The van der Waals surface area contributed by atoms with Crippen molar-refractivity contribution >= 4 is 23.5 Å². The Morgan fingerprint density at radius 3 is 1.20 bits per heavy atom. The first-order chi connectivity index (χ1) is 14.8. The van der Waals surface area contributed by atoms with E-state index in [1.54, 1.807) is 12.2 Å². The van der Waals surface area contributed by atoms with Gasteiger partial charge in [-0.1, -0.05) is 82.1 Å². The lowest BCUT2D eigenvalue weighted by atomic mass is 9.67. The molecular formula is C26H30N2O2. The highest BCUT2D eigenvalue weighted by Crippen LogP contribution is 2.43. The van der Waals surface area contributed by atoms with Crippen LogP contribution < -0.4 is 0 Å². The van der Waals surface area contributed by atoms with Gasteiger partial charge in [0.25, 0.3) is 0 Å². The lowest BCUT2D eigenvalue weighted by molar-refractivity contribution is 0.383. The molecular weight excluding hydrogens is 372 g/mol. The van der Waals surface area contributed by atoms with E-state index in [1.165, 1.54) is 68.9 Å². The van der Waals surface area contributed by atoms with Crippen molar-refractivity contribution in [1.29, 1.82) is 0 Å². The molecule has 2 aromatic rings. The number of hydrogen-bond donors (Lipinski definition) is 0. The fourth-order valence-electron chi connectivity index (χ4n) is 4.78. The minimum Gasteiger partial charge on any atom is -0.211 e. The van der Waals surface area contributed by atoms with Crippen LogP contribution >= 0.6 is 0 Å². The van der Waals surface area contributed by atoms with Crippen molar-refractivity contribution in [2.75, 3.05) is 0 Å². The van der Waals surface area contributed by atoms with Gasteiger partial charge < -0.3 is 0 Å². The zero-order valence-corrected chi connectivity index (χ0v) is 17.6. The Labute approximate surface area is 179 Å². The third-order valence-electron chi connectivity index (χ3n) is 6.40. The van der Waals surface area contributed by atoms with Crippen molar-refractivity contribution in [3.63, 3.8) is 0 Å². The van der Waals surface area contributed by atoms with Gasteiger partial charge in [0.2, 0.25) is 12.2 Å². The number of aliphatic imine (C=N–C) groups is 2. The van der Waals surface area contributed by atoms with Crippen LogP contribution in [0.2, 0.25) is 0 Å². The van der Waals surface area contributed by atoms with Crippen LogP contribution in [0, 0.1) is 0 Å². The van der Waals surface area contributed by atoms with Gasteiger partial charge in [-0.05, 0) is 48.2 Å². The van der Waals surface area contributed by atoms with Crippen molar-refractivity contribution < 1.29 is 9.59 Å². The molecule has 3 rings (SSSR count). The summed E-state index contributed by atoms with van der Waals surface area (Å²) in [7, 11) is 0. The SMILES string of the molecule is O=C=Nc1ccc(C2(c3ccc(N=C=O)cc3)CCCCCCCCCCC2)cc1. The molecule has 156 valence electrons. The summed E-state index contributed by atoms with van der Waals surface area (Å²) in [5.41, 5.74) is 3.69. The number of isocyanates is 2. The maximum atomic E-state index is 10.6. The van der Waals surface area contributed by atoms with Crippen LogP contribution in [-0.4, -0.2) is 12.2 Å². The molecule has 0 unspecified atom stereocenters. The smallest absolute Gasteiger partial charge is 0.211 e. The molecule has 1 aliphatic rings. The predicted molar refractivity (Wildman–Crippen MR) is 120 cm³/mol. The lowest BCUT2D eigenvalue weighted by Crippen LogP contribution is -2.28. The van der Waals surface area contributed by atoms with Gasteiger partial charge >= 0.3 is 0 Å². The zero-order chi connectivity index (χ0) is 21.1. The molecule has 4 heteroatoms. The lowest BCUT2D eigenvalue weighted by Gasteiger charge is -2.36. The van der Waals surface area contributed by atoms with Crippen LogP contribution in [0.3, 0.4) is 0 Å². The van der Waals surface area contributed by atoms with E-state index in [1.807, 2.05) is 24.3 Å². The highest BCUT2D eigenvalue weighted by Gasteiger charge is 2.33. The summed E-state index contributed by atoms with van der Waals surface area (Å²) < 4.78 is 0. The van der Waals surface area contributed by atoms with Gasteiger partial charge in [0.15, 0.2) is 0 Å². The average Bonchev–Trinajstić information content (AvgIpc) is 2.76. The molecule has 0 heterocycles. The van der Waals surface area contributed by atoms with E-state index in [9.17, 15) is 9.59 Å². The Kier molecular flexibility index (Phi) is 8.32. The summed E-state index contributed by atoms with van der Waals surface area (Å²) in [6, 6.07) is 16.1. The van der Waals surface area contributed by atoms with Crippen LogP contribution in [0.1, 0.15) is 81.8 Å². The van der Waals surface area contributed by atoms with E-state index < -0.39 is 0 Å². The van der Waals surface area contributed by atoms with Gasteiger partial charge in [-0.2, -0.15) is 9.98 Å². The van der Waals surface area contributed by atoms with Crippen molar-refractivity contribution in [3.05, 3.63) is 59.7 Å². The van der Waals surface area contributed by atoms with Gasteiger partial charge in [0.05, 0.1) is 11.4 Å². The van der Waals surface area contributed by atoms with E-state index >= 15 is 0 Å². The van der Waals surface area contributed by atoms with Crippen LogP contribution in [-0.2, 0) is 15.0 Å². The first kappa shape index (κ1) is 21.9. The molecule has 0 N–H and O–H groups in total. The molecule has 1 saturated carbocycles. The Morgan fingerprint density at radius 2 is 0.867 bits per heavy atom. The quantitative estimate of drug-likeness (QED) is 0.400. The predicted octanol–water partition coefficient (Wildman–Crippen LogP) is 7.21. The summed E-state index contributed by atoms with van der Waals surface area (Å²) in [6.07, 6.45) is 16.9. The molecule has 0 spiro atoms. The highest BCUT2D eigenvalue weighted by atomic mass is 16.1. The van der Waals surface area contributed by atoms with E-state index in [2.05, 4.69) is 34.3 Å². The number of benzene rings is 2. The molecule has 1 fully saturated rings. The summed E-state index contributed by atoms with van der Waals surface area (Å²) in [6.45, 7) is 0. The first-order valence-corrected chi connectivity index (χ1v) is 11.2. The van der Waals surface area contributed by atoms with Gasteiger partial charge in [-0.3, -0.25) is 0 Å². The first-order valence-electron chi connectivity index (χ1n) is 11.2. The number of carbonyl (C=O) groups excluding carboxylic acids is 2. The van der Waals surface area contributed by atoms with E-state index in [4.69, 9.17) is 0 Å². The third kappa shape index (κ3) is 5.63. The highest BCUT2D eigenvalue weighted by molar-refractivity contribution is 5.53. The molecule has 30 heavy (non-hydrogen) atoms. The maximum absolute atomic E-state index is 10.6. The Bertz CT molecular complexity index is 814. The summed E-state index contributed by atoms with van der Waals surface area (Å²) in [4.78, 5) is 28.7. The van der Waals surface area contributed by atoms with Gasteiger partial charge in [0.1, 0.15) is 0 Å². The zero-order valence-electron chi connectivity index (χ0n) is 17.6. The van der Waals surface area contributed by atoms with Crippen LogP contribution in [0.4, 0.5) is 11.4 Å². The summed E-state index contributed by atoms with van der Waals surface area (Å²) in [5.74, 6) is 0. The minimum absolute atomic E-state index is 0.0912. The Morgan fingerprint density at radius 1 is 0.533 bits per heavy atom. The second kappa shape index (κ2) is 11.4. The van der Waals surface area contributed by atoms with Crippen LogP contribution in [0.15, 0.2) is 58.5 Å². The maximum Gasteiger partial charge on any atom is 0.240 e. The minimum atomic E-state index is -0.0912. The van der Waals surface area contributed by atoms with Crippen LogP contribution in [0.5, 0.6) is 0 Å². The van der Waals surface area contributed by atoms with Crippen molar-refractivity contribution in [2.45, 2.75) is 76.0 Å². The number of rotatable bonds is 4. The average molecular weight is 403 g/mol. The van der Waals surface area contributed by atoms with E-state index in [-0.39, 0.29) is 5.41 Å². The fourth-order valence-corrected chi connectivity index (χ4v) is 4.78. The summed E-state index contributed by atoms with van der Waals surface area (Å²) >= 11 is 0. The molecule has 0 aromatic heterocycles. The molecule has 4 nitrogen and oxygen atoms in total. The Hall–Kier alpha value is -2.80. The van der Waals surface area contributed by atoms with Gasteiger partial charge in [-0.15, -0.1) is 0 Å². The monoisotopic (exact) mass is 402 g/mol. The van der Waals surface area contributed by atoms with Crippen molar-refractivity contribution in [3.8, 4) is 0 Å². The molecule has 2 aromatic carbocycles. The summed E-state index contributed by atoms with van der Waals surface area (Å²) in [5, 5.41) is 0. The number of nitrogens with zero attached hydrogens (tertiary/aromatic N) is 2. The largest absolute Gasteiger partial charge is 0.240 e. The molecule has 0 atom stereocenters. The molecule has 0 amide bonds. The molecule has 0 aliphatic heterocycles. The third-order valence-corrected chi connectivity index (χ3v) is 6.40. The normalized spacial score (nSPS) is 17.5. The second-order valence-electron chi connectivity index (χ2n) is 8.26. The molecule has 0 saturated heterocycles. The van der Waals surface area contributed by atoms with E-state index in [0.717, 1.165) is 12.8 Å². The van der Waals surface area contributed by atoms with Crippen molar-refractivity contribution in [2.24, 2.45) is 9.98 Å². The number of hydrogen-bond acceptors (Lipinski definition) is 4. The van der Waals surface area contributed by atoms with Gasteiger partial charge in [-0.25, -0.2) is 9.59 Å². The molecule has 1 aliphatic carbocycles. The second-order valence-corrected chi connectivity index (χ2v) is 8.26. The van der Waals surface area contributed by atoms with Crippen LogP contribution in [0.25, 0.3) is 0 Å². The molecule has 0 bridgehead atoms. The van der Waals surface area contributed by atoms with Gasteiger partial charge in [0, 0.05) is 5.41 Å². The Balaban J connectivity index is 2.01. The van der Waals surface area contributed by atoms with Crippen molar-refractivity contribution in [1.82, 2.24) is 0 Å². The fraction of sp³-hybridized carbons (Fsp3) is 0.462. The molecule has 0 radical (unpaired) electrons. The topological polar surface area (TPSA) is 58.9 Å². The van der Waals surface area contributed by atoms with E-state index in [0.29, 0.717) is 11.4 Å². The standard InChI is InChI=1S/C26H30N2O2/c29-20-27-24-14-10-22(11-15-24)26(23-12-16-25(17-13-23)28-21-30)18-8-6-4-2-1-3-5-7-9-19-26/h10-17H,1-9,18-19H2.